The van der Waals surface area contributed by atoms with Crippen LogP contribution in [-0.4, -0.2) is 27.1 Å². The third kappa shape index (κ3) is 1.28. The minimum absolute atomic E-state index is 0.614. The summed E-state index contributed by atoms with van der Waals surface area (Å²) >= 11 is 0. The third-order valence-electron chi connectivity index (χ3n) is 1.76. The fourth-order valence-corrected chi connectivity index (χ4v) is 1.13. The monoisotopic (exact) mass is 178 g/mol. The number of aryl methyl sites for hydroxylation is 1. The molecule has 0 radical (unpaired) electrons. The number of nitrogens with zero attached hydrogens (tertiary/aromatic N) is 3. The molecule has 2 heterocycles. The van der Waals surface area contributed by atoms with E-state index in [4.69, 9.17) is 4.74 Å². The maximum absolute atomic E-state index is 5.07. The zero-order valence-electron chi connectivity index (χ0n) is 7.48. The molecule has 0 saturated heterocycles. The van der Waals surface area contributed by atoms with Crippen molar-refractivity contribution in [2.24, 2.45) is 0 Å². The van der Waals surface area contributed by atoms with Gasteiger partial charge < -0.3 is 4.74 Å². The van der Waals surface area contributed by atoms with Crippen molar-refractivity contribution >= 4 is 0 Å². The van der Waals surface area contributed by atoms with Gasteiger partial charge in [0.1, 0.15) is 5.69 Å². The van der Waals surface area contributed by atoms with Crippen LogP contribution >= 0.6 is 0 Å². The van der Waals surface area contributed by atoms with Crippen LogP contribution in [0.4, 0.5) is 0 Å². The quantitative estimate of drug-likeness (QED) is 0.743. The van der Waals surface area contributed by atoms with E-state index in [0.717, 1.165) is 11.4 Å². The van der Waals surface area contributed by atoms with Crippen molar-refractivity contribution in [3.8, 4) is 11.6 Å². The molecule has 0 spiro atoms. The second-order valence-electron chi connectivity index (χ2n) is 2.69. The number of rotatable bonds is 2. The fourth-order valence-electron chi connectivity index (χ4n) is 1.13. The van der Waals surface area contributed by atoms with Gasteiger partial charge in [-0.05, 0) is 13.0 Å². The molecule has 1 N–H and O–H groups in total. The highest BCUT2D eigenvalue weighted by atomic mass is 16.5. The van der Waals surface area contributed by atoms with Gasteiger partial charge in [0.15, 0.2) is 0 Å². The molecule has 0 aliphatic heterocycles. The summed E-state index contributed by atoms with van der Waals surface area (Å²) in [6.07, 6.45) is 3.54. The summed E-state index contributed by atoms with van der Waals surface area (Å²) in [5.74, 6) is 0.614. The van der Waals surface area contributed by atoms with Crippen LogP contribution in [0.3, 0.4) is 0 Å². The predicted octanol–water partition coefficient (Wildman–Crippen LogP) is 0.912. The normalized spacial score (nSPS) is 10.3. The number of methoxy groups -OCH3 is 1. The summed E-state index contributed by atoms with van der Waals surface area (Å²) in [6.45, 7) is 1.93. The number of H-pyrrole nitrogens is 1. The number of aromatic amines is 1. The molecule has 0 aliphatic carbocycles. The van der Waals surface area contributed by atoms with Crippen LogP contribution in [0.5, 0.6) is 5.88 Å². The minimum atomic E-state index is 0.614. The van der Waals surface area contributed by atoms with Gasteiger partial charge in [-0.25, -0.2) is 9.78 Å². The SMILES string of the molecule is COc1[nH]ncc1-n1ccc(C)n1. The first-order valence-electron chi connectivity index (χ1n) is 3.91. The van der Waals surface area contributed by atoms with Crippen molar-refractivity contribution in [3.63, 3.8) is 0 Å². The lowest BCUT2D eigenvalue weighted by molar-refractivity contribution is 0.394. The molecule has 5 nitrogen and oxygen atoms in total. The fraction of sp³-hybridized carbons (Fsp3) is 0.250. The molecule has 68 valence electrons. The highest BCUT2D eigenvalue weighted by Crippen LogP contribution is 2.17. The summed E-state index contributed by atoms with van der Waals surface area (Å²) < 4.78 is 6.79. The number of aromatic nitrogens is 4. The summed E-state index contributed by atoms with van der Waals surface area (Å²) in [5, 5.41) is 10.8. The molecule has 2 rings (SSSR count). The Bertz CT molecular complexity index is 404. The molecule has 0 amide bonds. The first kappa shape index (κ1) is 7.85. The molecule has 0 fully saturated rings. The maximum atomic E-state index is 5.07. The number of ether oxygens (including phenoxy) is 1. The van der Waals surface area contributed by atoms with Crippen molar-refractivity contribution in [1.82, 2.24) is 20.0 Å². The lowest BCUT2D eigenvalue weighted by atomic mass is 10.5. The van der Waals surface area contributed by atoms with E-state index in [9.17, 15) is 0 Å². The molecule has 0 bridgehead atoms. The predicted molar refractivity (Wildman–Crippen MR) is 47.0 cm³/mol. The minimum Gasteiger partial charge on any atom is -0.480 e. The largest absolute Gasteiger partial charge is 0.480 e. The average Bonchev–Trinajstić information content (AvgIpc) is 2.71. The molecular weight excluding hydrogens is 168 g/mol. The number of hydrogen-bond acceptors (Lipinski definition) is 3. The lowest BCUT2D eigenvalue weighted by Crippen LogP contribution is -1.96. The highest BCUT2D eigenvalue weighted by molar-refractivity contribution is 5.38. The van der Waals surface area contributed by atoms with E-state index in [2.05, 4.69) is 15.3 Å². The summed E-state index contributed by atoms with van der Waals surface area (Å²) in [7, 11) is 1.59. The number of nitrogens with one attached hydrogen (secondary N) is 1. The van der Waals surface area contributed by atoms with E-state index in [-0.39, 0.29) is 0 Å². The van der Waals surface area contributed by atoms with Crippen LogP contribution in [-0.2, 0) is 0 Å². The Hall–Kier alpha value is -1.78. The second-order valence-corrected chi connectivity index (χ2v) is 2.69. The van der Waals surface area contributed by atoms with Gasteiger partial charge in [-0.3, -0.25) is 0 Å². The molecule has 0 unspecified atom stereocenters. The number of hydrogen-bond donors (Lipinski definition) is 1. The Kier molecular flexibility index (Phi) is 1.77. The lowest BCUT2D eigenvalue weighted by Gasteiger charge is -1.99. The Labute approximate surface area is 75.3 Å². The molecule has 0 saturated carbocycles. The molecule has 2 aromatic heterocycles. The molecule has 0 atom stereocenters. The smallest absolute Gasteiger partial charge is 0.235 e. The topological polar surface area (TPSA) is 55.7 Å². The zero-order chi connectivity index (χ0) is 9.26. The Morgan fingerprint density at radius 1 is 1.54 bits per heavy atom. The van der Waals surface area contributed by atoms with Crippen LogP contribution in [0.2, 0.25) is 0 Å². The molecule has 2 aromatic rings. The maximum Gasteiger partial charge on any atom is 0.235 e. The van der Waals surface area contributed by atoms with Crippen molar-refractivity contribution in [3.05, 3.63) is 24.2 Å². The van der Waals surface area contributed by atoms with Gasteiger partial charge in [0, 0.05) is 6.20 Å². The molecule has 0 aromatic carbocycles. The molecule has 5 heteroatoms. The van der Waals surface area contributed by atoms with Crippen LogP contribution in [0.1, 0.15) is 5.69 Å². The van der Waals surface area contributed by atoms with E-state index in [1.165, 1.54) is 0 Å². The van der Waals surface area contributed by atoms with Crippen molar-refractivity contribution in [2.75, 3.05) is 7.11 Å². The van der Waals surface area contributed by atoms with E-state index < -0.39 is 0 Å². The second kappa shape index (κ2) is 2.93. The Balaban J connectivity index is 2.45. The van der Waals surface area contributed by atoms with Gasteiger partial charge in [0.05, 0.1) is 19.0 Å². The standard InChI is InChI=1S/C8H10N4O/c1-6-3-4-12(11-6)7-5-9-10-8(7)13-2/h3-5H,1-2H3,(H,9,10). The first-order valence-corrected chi connectivity index (χ1v) is 3.91. The van der Waals surface area contributed by atoms with Crippen molar-refractivity contribution in [2.45, 2.75) is 6.92 Å². The van der Waals surface area contributed by atoms with Crippen molar-refractivity contribution < 1.29 is 4.74 Å². The Morgan fingerprint density at radius 3 is 3.00 bits per heavy atom. The van der Waals surface area contributed by atoms with Crippen LogP contribution in [0.25, 0.3) is 5.69 Å². The van der Waals surface area contributed by atoms with Crippen LogP contribution < -0.4 is 4.74 Å². The van der Waals surface area contributed by atoms with Gasteiger partial charge in [-0.15, -0.1) is 0 Å². The average molecular weight is 178 g/mol. The van der Waals surface area contributed by atoms with Gasteiger partial charge in [0.2, 0.25) is 5.88 Å². The van der Waals surface area contributed by atoms with E-state index in [0.29, 0.717) is 5.88 Å². The van der Waals surface area contributed by atoms with Crippen LogP contribution in [0.15, 0.2) is 18.5 Å². The Morgan fingerprint density at radius 2 is 2.38 bits per heavy atom. The third-order valence-corrected chi connectivity index (χ3v) is 1.76. The van der Waals surface area contributed by atoms with Crippen LogP contribution in [0, 0.1) is 6.92 Å². The zero-order valence-corrected chi connectivity index (χ0v) is 7.48. The van der Waals surface area contributed by atoms with E-state index >= 15 is 0 Å². The summed E-state index contributed by atoms with van der Waals surface area (Å²) in [5.41, 5.74) is 1.78. The summed E-state index contributed by atoms with van der Waals surface area (Å²) in [4.78, 5) is 0. The van der Waals surface area contributed by atoms with E-state index in [1.54, 1.807) is 18.0 Å². The molecule has 13 heavy (non-hydrogen) atoms. The summed E-state index contributed by atoms with van der Waals surface area (Å²) in [6, 6.07) is 1.92. The molecule has 0 aliphatic rings. The van der Waals surface area contributed by atoms with Gasteiger partial charge >= 0.3 is 0 Å². The van der Waals surface area contributed by atoms with Gasteiger partial charge in [-0.1, -0.05) is 0 Å². The van der Waals surface area contributed by atoms with E-state index in [1.807, 2.05) is 19.2 Å². The highest BCUT2D eigenvalue weighted by Gasteiger charge is 2.07. The van der Waals surface area contributed by atoms with Gasteiger partial charge in [-0.2, -0.15) is 10.2 Å². The van der Waals surface area contributed by atoms with Gasteiger partial charge in [0.25, 0.3) is 0 Å². The van der Waals surface area contributed by atoms with Crippen molar-refractivity contribution in [1.29, 1.82) is 0 Å². The molecular formula is C8H10N4O. The first-order chi connectivity index (χ1) is 6.31.